The van der Waals surface area contributed by atoms with Crippen molar-refractivity contribution < 1.29 is 5.11 Å². The van der Waals surface area contributed by atoms with Gasteiger partial charge in [-0.05, 0) is 25.0 Å². The summed E-state index contributed by atoms with van der Waals surface area (Å²) >= 11 is 0. The summed E-state index contributed by atoms with van der Waals surface area (Å²) in [4.78, 5) is 16.7. The minimum atomic E-state index is 0.0690. The molecule has 126 valence electrons. The Hall–Kier alpha value is -1.68. The topological polar surface area (TPSA) is 55.1 Å². The molecule has 0 fully saturated rings. The van der Waals surface area contributed by atoms with Crippen molar-refractivity contribution in [3.05, 3.63) is 40.9 Å². The summed E-state index contributed by atoms with van der Waals surface area (Å²) in [5.74, 6) is 0. The highest BCUT2D eigenvalue weighted by atomic mass is 16.2. The van der Waals surface area contributed by atoms with E-state index in [1.54, 1.807) is 10.9 Å². The molecule has 0 saturated carbocycles. The Balaban J connectivity index is 1.63. The molecule has 0 bridgehead atoms. The van der Waals surface area contributed by atoms with Crippen LogP contribution in [0.4, 0.5) is 0 Å². The first-order chi connectivity index (χ1) is 11.3. The first-order valence-corrected chi connectivity index (χ1v) is 8.88. The number of fused-ring (bicyclic) bond motifs is 1. The van der Waals surface area contributed by atoms with Crippen molar-refractivity contribution in [2.45, 2.75) is 64.3 Å². The molecule has 0 aliphatic carbocycles. The van der Waals surface area contributed by atoms with Gasteiger partial charge < -0.3 is 5.11 Å². The molecule has 4 heteroatoms. The van der Waals surface area contributed by atoms with Gasteiger partial charge in [-0.2, -0.15) is 0 Å². The van der Waals surface area contributed by atoms with E-state index in [4.69, 9.17) is 5.11 Å². The van der Waals surface area contributed by atoms with Crippen LogP contribution in [0.25, 0.3) is 10.9 Å². The maximum Gasteiger partial charge on any atom is 0.261 e. The summed E-state index contributed by atoms with van der Waals surface area (Å²) in [5, 5.41) is 9.42. The number of hydrogen-bond donors (Lipinski definition) is 1. The zero-order valence-corrected chi connectivity index (χ0v) is 13.9. The molecular formula is C19H28N2O2. The fourth-order valence-corrected chi connectivity index (χ4v) is 2.90. The van der Waals surface area contributed by atoms with Crippen molar-refractivity contribution in [1.29, 1.82) is 0 Å². The molecular weight excluding hydrogens is 288 g/mol. The summed E-state index contributed by atoms with van der Waals surface area (Å²) in [6, 6.07) is 7.51. The van der Waals surface area contributed by atoms with Crippen LogP contribution in [-0.4, -0.2) is 21.3 Å². The van der Waals surface area contributed by atoms with Gasteiger partial charge in [0.2, 0.25) is 0 Å². The zero-order chi connectivity index (χ0) is 16.3. The summed E-state index contributed by atoms with van der Waals surface area (Å²) in [6.07, 6.45) is 12.2. The van der Waals surface area contributed by atoms with E-state index in [-0.39, 0.29) is 5.56 Å². The molecule has 0 radical (unpaired) electrons. The second-order valence-corrected chi connectivity index (χ2v) is 6.17. The summed E-state index contributed by atoms with van der Waals surface area (Å²) < 4.78 is 1.73. The van der Waals surface area contributed by atoms with Gasteiger partial charge in [-0.3, -0.25) is 9.36 Å². The Labute approximate surface area is 138 Å². The van der Waals surface area contributed by atoms with Crippen molar-refractivity contribution in [1.82, 2.24) is 9.55 Å². The molecule has 0 unspecified atom stereocenters. The highest BCUT2D eigenvalue weighted by Gasteiger charge is 2.02. The Morgan fingerprint density at radius 3 is 2.17 bits per heavy atom. The van der Waals surface area contributed by atoms with E-state index in [2.05, 4.69) is 4.98 Å². The Bertz CT molecular complexity index is 637. The molecule has 0 saturated heterocycles. The van der Waals surface area contributed by atoms with Crippen LogP contribution in [-0.2, 0) is 6.54 Å². The molecule has 1 aromatic carbocycles. The lowest BCUT2D eigenvalue weighted by Gasteiger charge is -2.06. The van der Waals surface area contributed by atoms with E-state index >= 15 is 0 Å². The monoisotopic (exact) mass is 316 g/mol. The van der Waals surface area contributed by atoms with E-state index in [1.807, 2.05) is 24.3 Å². The first kappa shape index (κ1) is 17.7. The largest absolute Gasteiger partial charge is 0.396 e. The average molecular weight is 316 g/mol. The van der Waals surface area contributed by atoms with E-state index in [0.29, 0.717) is 12.0 Å². The first-order valence-electron chi connectivity index (χ1n) is 8.88. The molecule has 0 atom stereocenters. The number of aryl methyl sites for hydroxylation is 1. The second kappa shape index (κ2) is 10.2. The third kappa shape index (κ3) is 5.79. The molecule has 23 heavy (non-hydrogen) atoms. The summed E-state index contributed by atoms with van der Waals surface area (Å²) in [6.45, 7) is 1.08. The minimum Gasteiger partial charge on any atom is -0.396 e. The van der Waals surface area contributed by atoms with Crippen LogP contribution >= 0.6 is 0 Å². The van der Waals surface area contributed by atoms with Crippen LogP contribution in [0.3, 0.4) is 0 Å². The molecule has 4 nitrogen and oxygen atoms in total. The number of nitrogens with zero attached hydrogens (tertiary/aromatic N) is 2. The molecule has 0 aliphatic rings. The number of rotatable bonds is 11. The molecule has 1 aromatic heterocycles. The van der Waals surface area contributed by atoms with Crippen molar-refractivity contribution in [3.63, 3.8) is 0 Å². The lowest BCUT2D eigenvalue weighted by atomic mass is 10.1. The molecule has 0 spiro atoms. The molecule has 1 N–H and O–H groups in total. The van der Waals surface area contributed by atoms with Crippen molar-refractivity contribution in [2.75, 3.05) is 6.61 Å². The third-order valence-corrected chi connectivity index (χ3v) is 4.29. The van der Waals surface area contributed by atoms with Crippen LogP contribution in [0.2, 0.25) is 0 Å². The smallest absolute Gasteiger partial charge is 0.261 e. The van der Waals surface area contributed by atoms with Gasteiger partial charge in [-0.15, -0.1) is 0 Å². The maximum atomic E-state index is 12.3. The fourth-order valence-electron chi connectivity index (χ4n) is 2.90. The zero-order valence-electron chi connectivity index (χ0n) is 13.9. The highest BCUT2D eigenvalue weighted by Crippen LogP contribution is 2.10. The van der Waals surface area contributed by atoms with Crippen LogP contribution in [0.1, 0.15) is 57.8 Å². The molecule has 2 rings (SSSR count). The van der Waals surface area contributed by atoms with Gasteiger partial charge in [0.05, 0.1) is 17.2 Å². The SMILES string of the molecule is O=c1c2ccccc2ncn1CCCCCCCCCCCO. The van der Waals surface area contributed by atoms with Gasteiger partial charge in [0.1, 0.15) is 0 Å². The van der Waals surface area contributed by atoms with E-state index in [9.17, 15) is 4.79 Å². The van der Waals surface area contributed by atoms with E-state index in [1.165, 1.54) is 32.1 Å². The number of aliphatic hydroxyl groups is 1. The number of para-hydroxylation sites is 1. The number of unbranched alkanes of at least 4 members (excludes halogenated alkanes) is 8. The minimum absolute atomic E-state index is 0.0690. The van der Waals surface area contributed by atoms with Crippen molar-refractivity contribution in [3.8, 4) is 0 Å². The lowest BCUT2D eigenvalue weighted by Crippen LogP contribution is -2.20. The molecule has 2 aromatic rings. The Morgan fingerprint density at radius 2 is 1.48 bits per heavy atom. The van der Waals surface area contributed by atoms with Gasteiger partial charge in [-0.1, -0.05) is 57.1 Å². The standard InChI is InChI=1S/C19H28N2O2/c22-15-11-7-5-3-1-2-4-6-10-14-21-16-20-18-13-9-8-12-17(18)19(21)23/h8-9,12-13,16,22H,1-7,10-11,14-15H2. The van der Waals surface area contributed by atoms with E-state index in [0.717, 1.165) is 37.7 Å². The molecule has 0 amide bonds. The molecule has 1 heterocycles. The highest BCUT2D eigenvalue weighted by molar-refractivity contribution is 5.76. The summed E-state index contributed by atoms with van der Waals surface area (Å²) in [5.41, 5.74) is 0.842. The Kier molecular flexibility index (Phi) is 7.81. The normalized spacial score (nSPS) is 11.2. The van der Waals surface area contributed by atoms with Gasteiger partial charge in [-0.25, -0.2) is 4.98 Å². The van der Waals surface area contributed by atoms with E-state index < -0.39 is 0 Å². The molecule has 0 aliphatic heterocycles. The fraction of sp³-hybridized carbons (Fsp3) is 0.579. The third-order valence-electron chi connectivity index (χ3n) is 4.29. The van der Waals surface area contributed by atoms with Crippen LogP contribution in [0, 0.1) is 0 Å². The predicted molar refractivity (Wildman–Crippen MR) is 94.6 cm³/mol. The van der Waals surface area contributed by atoms with Gasteiger partial charge in [0.25, 0.3) is 5.56 Å². The van der Waals surface area contributed by atoms with Gasteiger partial charge >= 0.3 is 0 Å². The van der Waals surface area contributed by atoms with Crippen LogP contribution < -0.4 is 5.56 Å². The average Bonchev–Trinajstić information content (AvgIpc) is 2.58. The van der Waals surface area contributed by atoms with Gasteiger partial charge in [0.15, 0.2) is 0 Å². The van der Waals surface area contributed by atoms with Crippen LogP contribution in [0.15, 0.2) is 35.4 Å². The number of hydrogen-bond acceptors (Lipinski definition) is 3. The second-order valence-electron chi connectivity index (χ2n) is 6.17. The number of benzene rings is 1. The number of aromatic nitrogens is 2. The lowest BCUT2D eigenvalue weighted by molar-refractivity contribution is 0.282. The van der Waals surface area contributed by atoms with Crippen LogP contribution in [0.5, 0.6) is 0 Å². The summed E-state index contributed by atoms with van der Waals surface area (Å²) in [7, 11) is 0. The predicted octanol–water partition coefficient (Wildman–Crippen LogP) is 3.90. The van der Waals surface area contributed by atoms with Crippen molar-refractivity contribution in [2.24, 2.45) is 0 Å². The quantitative estimate of drug-likeness (QED) is 0.640. The Morgan fingerprint density at radius 1 is 0.870 bits per heavy atom. The van der Waals surface area contributed by atoms with Crippen molar-refractivity contribution >= 4 is 10.9 Å². The van der Waals surface area contributed by atoms with Gasteiger partial charge in [0, 0.05) is 13.2 Å². The number of aliphatic hydroxyl groups excluding tert-OH is 1. The maximum absolute atomic E-state index is 12.3.